The summed E-state index contributed by atoms with van der Waals surface area (Å²) < 4.78 is 0. The van der Waals surface area contributed by atoms with Crippen molar-refractivity contribution in [2.45, 2.75) is 19.9 Å². The van der Waals surface area contributed by atoms with Crippen molar-refractivity contribution < 1.29 is 14.4 Å². The molecule has 8 nitrogen and oxygen atoms in total. The Morgan fingerprint density at radius 2 is 1.65 bits per heavy atom. The number of carbonyl (C=O) groups excluding carboxylic acids is 3. The molecule has 0 saturated carbocycles. The molecule has 164 valence electrons. The van der Waals surface area contributed by atoms with E-state index in [0.717, 1.165) is 22.4 Å². The Balaban J connectivity index is 1.60. The second-order valence-corrected chi connectivity index (χ2v) is 7.77. The highest BCUT2D eigenvalue weighted by molar-refractivity contribution is 5.97. The normalized spacial score (nSPS) is 15.8. The zero-order valence-corrected chi connectivity index (χ0v) is 17.9. The van der Waals surface area contributed by atoms with Crippen LogP contribution in [0.3, 0.4) is 0 Å². The minimum absolute atomic E-state index is 0.0618. The van der Waals surface area contributed by atoms with Gasteiger partial charge in [-0.2, -0.15) is 0 Å². The lowest BCUT2D eigenvalue weighted by Crippen LogP contribution is -2.53. The maximum atomic E-state index is 12.6. The van der Waals surface area contributed by atoms with Crippen LogP contribution in [0.25, 0.3) is 0 Å². The number of hydrogen-bond acceptors (Lipinski definition) is 5. The van der Waals surface area contributed by atoms with Crippen molar-refractivity contribution in [3.8, 4) is 0 Å². The molecule has 4 N–H and O–H groups in total. The number of nitrogens with zero attached hydrogens (tertiary/aromatic N) is 2. The van der Waals surface area contributed by atoms with E-state index in [-0.39, 0.29) is 12.5 Å². The summed E-state index contributed by atoms with van der Waals surface area (Å²) in [4.78, 5) is 40.5. The molecule has 1 atom stereocenters. The molecule has 0 radical (unpaired) electrons. The molecule has 2 aromatic carbocycles. The minimum atomic E-state index is -0.868. The van der Waals surface area contributed by atoms with Crippen molar-refractivity contribution in [3.05, 3.63) is 65.2 Å². The van der Waals surface area contributed by atoms with Crippen molar-refractivity contribution in [2.24, 2.45) is 5.73 Å². The fourth-order valence-corrected chi connectivity index (χ4v) is 3.81. The molecule has 2 aromatic rings. The summed E-state index contributed by atoms with van der Waals surface area (Å²) in [5.74, 6) is -0.506. The number of primary amides is 1. The van der Waals surface area contributed by atoms with Crippen LogP contribution < -0.4 is 16.4 Å². The number of carbonyl (C=O) groups is 3. The smallest absolute Gasteiger partial charge is 0.318 e. The molecule has 3 rings (SSSR count). The topological polar surface area (TPSA) is 108 Å². The number of anilines is 1. The molecule has 1 aliphatic heterocycles. The lowest BCUT2D eigenvalue weighted by Gasteiger charge is -2.38. The van der Waals surface area contributed by atoms with Crippen molar-refractivity contribution in [1.82, 2.24) is 15.1 Å². The Labute approximate surface area is 182 Å². The fourth-order valence-electron chi connectivity index (χ4n) is 3.81. The summed E-state index contributed by atoms with van der Waals surface area (Å²) >= 11 is 0. The monoisotopic (exact) mass is 423 g/mol. The van der Waals surface area contributed by atoms with E-state index in [1.54, 1.807) is 0 Å². The second-order valence-electron chi connectivity index (χ2n) is 7.77. The summed E-state index contributed by atoms with van der Waals surface area (Å²) in [7, 11) is 0. The zero-order chi connectivity index (χ0) is 22.4. The first-order chi connectivity index (χ1) is 14.8. The van der Waals surface area contributed by atoms with Crippen molar-refractivity contribution in [1.29, 1.82) is 0 Å². The van der Waals surface area contributed by atoms with Gasteiger partial charge < -0.3 is 11.1 Å². The Morgan fingerprint density at radius 3 is 2.29 bits per heavy atom. The van der Waals surface area contributed by atoms with E-state index in [1.807, 2.05) is 67.3 Å². The SMILES string of the molecule is Cc1cccc(NC(=O)CN2CCN([C@@H](C(=O)NC(N)=O)c3ccccc3)CC2)c1C. The summed E-state index contributed by atoms with van der Waals surface area (Å²) in [6, 6.07) is 13.7. The van der Waals surface area contributed by atoms with Crippen LogP contribution >= 0.6 is 0 Å². The van der Waals surface area contributed by atoms with E-state index in [2.05, 4.69) is 15.5 Å². The van der Waals surface area contributed by atoms with E-state index >= 15 is 0 Å². The summed E-state index contributed by atoms with van der Waals surface area (Å²) in [6.07, 6.45) is 0. The lowest BCUT2D eigenvalue weighted by atomic mass is 10.0. The molecule has 4 amide bonds. The van der Waals surface area contributed by atoms with Gasteiger partial charge in [0.25, 0.3) is 0 Å². The fraction of sp³-hybridized carbons (Fsp3) is 0.348. The molecule has 1 fully saturated rings. The van der Waals surface area contributed by atoms with Gasteiger partial charge in [0.05, 0.1) is 6.54 Å². The Bertz CT molecular complexity index is 939. The Kier molecular flexibility index (Phi) is 7.38. The van der Waals surface area contributed by atoms with Gasteiger partial charge in [-0.3, -0.25) is 24.7 Å². The third kappa shape index (κ3) is 5.90. The number of piperazine rings is 1. The van der Waals surface area contributed by atoms with Crippen LogP contribution in [0.1, 0.15) is 22.7 Å². The summed E-state index contributed by atoms with van der Waals surface area (Å²) in [5.41, 5.74) is 8.97. The van der Waals surface area contributed by atoms with Gasteiger partial charge >= 0.3 is 6.03 Å². The second kappa shape index (κ2) is 10.2. The average molecular weight is 424 g/mol. The molecule has 1 aliphatic rings. The third-order valence-corrected chi connectivity index (χ3v) is 5.63. The molecule has 8 heteroatoms. The van der Waals surface area contributed by atoms with Crippen LogP contribution in [0.4, 0.5) is 10.5 Å². The van der Waals surface area contributed by atoms with Crippen LogP contribution in [0.15, 0.2) is 48.5 Å². The molecule has 1 heterocycles. The van der Waals surface area contributed by atoms with Gasteiger partial charge in [0.15, 0.2) is 0 Å². The zero-order valence-electron chi connectivity index (χ0n) is 17.9. The van der Waals surface area contributed by atoms with E-state index in [1.165, 1.54) is 0 Å². The molecule has 0 unspecified atom stereocenters. The predicted octanol–water partition coefficient (Wildman–Crippen LogP) is 1.80. The van der Waals surface area contributed by atoms with Crippen LogP contribution in [-0.2, 0) is 9.59 Å². The molecule has 0 aromatic heterocycles. The number of nitrogens with two attached hydrogens (primary N) is 1. The highest BCUT2D eigenvalue weighted by atomic mass is 16.2. The quantitative estimate of drug-likeness (QED) is 0.657. The molecule has 0 spiro atoms. The van der Waals surface area contributed by atoms with Gasteiger partial charge in [-0.05, 0) is 36.6 Å². The standard InChI is InChI=1S/C23H29N5O3/c1-16-7-6-10-19(17(16)2)25-20(29)15-27-11-13-28(14-12-27)21(22(30)26-23(24)31)18-8-4-3-5-9-18/h3-10,21H,11-15H2,1-2H3,(H,25,29)(H3,24,26,30,31)/t21-/m1/s1. The summed E-state index contributed by atoms with van der Waals surface area (Å²) in [5, 5.41) is 5.19. The number of imide groups is 1. The van der Waals surface area contributed by atoms with Crippen LogP contribution in [0.5, 0.6) is 0 Å². The number of aryl methyl sites for hydroxylation is 1. The van der Waals surface area contributed by atoms with E-state index in [9.17, 15) is 14.4 Å². The minimum Gasteiger partial charge on any atom is -0.351 e. The van der Waals surface area contributed by atoms with Crippen molar-refractivity contribution in [3.63, 3.8) is 0 Å². The van der Waals surface area contributed by atoms with Gasteiger partial charge in [-0.15, -0.1) is 0 Å². The highest BCUT2D eigenvalue weighted by Gasteiger charge is 2.31. The van der Waals surface area contributed by atoms with E-state index in [0.29, 0.717) is 26.2 Å². The number of urea groups is 1. The highest BCUT2D eigenvalue weighted by Crippen LogP contribution is 2.23. The van der Waals surface area contributed by atoms with Crippen molar-refractivity contribution in [2.75, 3.05) is 38.0 Å². The van der Waals surface area contributed by atoms with Gasteiger partial charge in [-0.1, -0.05) is 42.5 Å². The number of amides is 4. The van der Waals surface area contributed by atoms with E-state index < -0.39 is 18.0 Å². The maximum Gasteiger partial charge on any atom is 0.318 e. The number of nitrogens with one attached hydrogen (secondary N) is 2. The first-order valence-corrected chi connectivity index (χ1v) is 10.3. The molecule has 1 saturated heterocycles. The van der Waals surface area contributed by atoms with Gasteiger partial charge in [0, 0.05) is 31.9 Å². The first kappa shape index (κ1) is 22.5. The molecule has 0 aliphatic carbocycles. The number of hydrogen-bond donors (Lipinski definition) is 3. The molecule has 0 bridgehead atoms. The van der Waals surface area contributed by atoms with Crippen molar-refractivity contribution >= 4 is 23.5 Å². The van der Waals surface area contributed by atoms with Gasteiger partial charge in [-0.25, -0.2) is 4.79 Å². The molecular formula is C23H29N5O3. The number of benzene rings is 2. The molecule has 31 heavy (non-hydrogen) atoms. The third-order valence-electron chi connectivity index (χ3n) is 5.63. The first-order valence-electron chi connectivity index (χ1n) is 10.3. The maximum absolute atomic E-state index is 12.6. The lowest BCUT2D eigenvalue weighted by molar-refractivity contribution is -0.127. The van der Waals surface area contributed by atoms with E-state index in [4.69, 9.17) is 5.73 Å². The largest absolute Gasteiger partial charge is 0.351 e. The summed E-state index contributed by atoms with van der Waals surface area (Å²) in [6.45, 7) is 6.73. The van der Waals surface area contributed by atoms with Crippen LogP contribution in [0.2, 0.25) is 0 Å². The Hall–Kier alpha value is -3.23. The number of rotatable bonds is 6. The molecular weight excluding hydrogens is 394 g/mol. The Morgan fingerprint density at radius 1 is 0.968 bits per heavy atom. The van der Waals surface area contributed by atoms with Gasteiger partial charge in [0.2, 0.25) is 11.8 Å². The van der Waals surface area contributed by atoms with Gasteiger partial charge in [0.1, 0.15) is 6.04 Å². The van der Waals surface area contributed by atoms with Crippen LogP contribution in [-0.4, -0.2) is 60.4 Å². The predicted molar refractivity (Wildman–Crippen MR) is 119 cm³/mol. The average Bonchev–Trinajstić information content (AvgIpc) is 2.73. The van der Waals surface area contributed by atoms with Crippen LogP contribution in [0, 0.1) is 13.8 Å².